The van der Waals surface area contributed by atoms with E-state index >= 15 is 0 Å². The van der Waals surface area contributed by atoms with Gasteiger partial charge in [0.15, 0.2) is 0 Å². The molecule has 2 unspecified atom stereocenters. The topological polar surface area (TPSA) is 49.4 Å². The average Bonchev–Trinajstić information content (AvgIpc) is 2.85. The molecular formula is C12H18N2O2. The normalized spacial score (nSPS) is 37.6. The van der Waals surface area contributed by atoms with Gasteiger partial charge in [-0.05, 0) is 31.1 Å². The SMILES string of the molecule is O=C1CN(C(=O)C2C3CCCC32)CCCN1. The van der Waals surface area contributed by atoms with E-state index in [-0.39, 0.29) is 24.3 Å². The van der Waals surface area contributed by atoms with Gasteiger partial charge in [-0.3, -0.25) is 9.59 Å². The molecule has 3 rings (SSSR count). The monoisotopic (exact) mass is 222 g/mol. The van der Waals surface area contributed by atoms with Crippen LogP contribution >= 0.6 is 0 Å². The molecule has 0 aromatic heterocycles. The summed E-state index contributed by atoms with van der Waals surface area (Å²) in [6, 6.07) is 0. The van der Waals surface area contributed by atoms with Crippen molar-refractivity contribution in [2.75, 3.05) is 19.6 Å². The predicted molar refractivity (Wildman–Crippen MR) is 58.5 cm³/mol. The molecule has 2 atom stereocenters. The zero-order valence-corrected chi connectivity index (χ0v) is 9.45. The van der Waals surface area contributed by atoms with Crippen molar-refractivity contribution >= 4 is 11.8 Å². The van der Waals surface area contributed by atoms with Crippen molar-refractivity contribution in [2.45, 2.75) is 25.7 Å². The number of amides is 2. The van der Waals surface area contributed by atoms with Crippen LogP contribution in [0.25, 0.3) is 0 Å². The summed E-state index contributed by atoms with van der Waals surface area (Å²) in [6.07, 6.45) is 4.63. The van der Waals surface area contributed by atoms with Crippen molar-refractivity contribution in [3.8, 4) is 0 Å². The van der Waals surface area contributed by atoms with Crippen LogP contribution in [-0.2, 0) is 9.59 Å². The van der Waals surface area contributed by atoms with Gasteiger partial charge in [0.05, 0.1) is 6.54 Å². The Morgan fingerprint density at radius 2 is 2.00 bits per heavy atom. The largest absolute Gasteiger partial charge is 0.354 e. The summed E-state index contributed by atoms with van der Waals surface area (Å²) in [6.45, 7) is 1.72. The summed E-state index contributed by atoms with van der Waals surface area (Å²) >= 11 is 0. The Labute approximate surface area is 95.4 Å². The fourth-order valence-electron chi connectivity index (χ4n) is 3.39. The number of hydrogen-bond acceptors (Lipinski definition) is 2. The molecule has 88 valence electrons. The Morgan fingerprint density at radius 1 is 1.25 bits per heavy atom. The average molecular weight is 222 g/mol. The second kappa shape index (κ2) is 3.75. The number of nitrogens with zero attached hydrogens (tertiary/aromatic N) is 1. The summed E-state index contributed by atoms with van der Waals surface area (Å²) < 4.78 is 0. The Kier molecular flexibility index (Phi) is 2.37. The summed E-state index contributed by atoms with van der Waals surface area (Å²) in [7, 11) is 0. The molecule has 0 aromatic carbocycles. The lowest BCUT2D eigenvalue weighted by Crippen LogP contribution is -2.38. The number of rotatable bonds is 1. The van der Waals surface area contributed by atoms with Crippen LogP contribution < -0.4 is 5.32 Å². The van der Waals surface area contributed by atoms with Crippen LogP contribution in [0.2, 0.25) is 0 Å². The molecule has 0 bridgehead atoms. The van der Waals surface area contributed by atoms with E-state index in [2.05, 4.69) is 5.32 Å². The molecule has 0 radical (unpaired) electrons. The summed E-state index contributed by atoms with van der Waals surface area (Å²) in [5, 5.41) is 2.81. The minimum absolute atomic E-state index is 0.00309. The molecular weight excluding hydrogens is 204 g/mol. The van der Waals surface area contributed by atoms with Gasteiger partial charge in [-0.1, -0.05) is 6.42 Å². The molecule has 0 spiro atoms. The molecule has 1 aliphatic heterocycles. The van der Waals surface area contributed by atoms with Gasteiger partial charge in [0, 0.05) is 19.0 Å². The predicted octanol–water partition coefficient (Wildman–Crippen LogP) is 0.381. The van der Waals surface area contributed by atoms with E-state index in [1.807, 2.05) is 0 Å². The number of fused-ring (bicyclic) bond motifs is 1. The van der Waals surface area contributed by atoms with E-state index in [1.165, 1.54) is 19.3 Å². The second-order valence-electron chi connectivity index (χ2n) is 5.25. The van der Waals surface area contributed by atoms with Crippen molar-refractivity contribution in [3.63, 3.8) is 0 Å². The van der Waals surface area contributed by atoms with Crippen LogP contribution in [0, 0.1) is 17.8 Å². The Balaban J connectivity index is 1.63. The second-order valence-corrected chi connectivity index (χ2v) is 5.25. The van der Waals surface area contributed by atoms with Gasteiger partial charge in [-0.15, -0.1) is 0 Å². The van der Waals surface area contributed by atoms with Gasteiger partial charge in [0.2, 0.25) is 11.8 Å². The lowest BCUT2D eigenvalue weighted by molar-refractivity contribution is -0.137. The molecule has 1 saturated heterocycles. The third kappa shape index (κ3) is 1.60. The molecule has 1 heterocycles. The summed E-state index contributed by atoms with van der Waals surface area (Å²) in [4.78, 5) is 25.4. The molecule has 16 heavy (non-hydrogen) atoms. The van der Waals surface area contributed by atoms with E-state index in [4.69, 9.17) is 0 Å². The van der Waals surface area contributed by atoms with Gasteiger partial charge >= 0.3 is 0 Å². The first-order valence-corrected chi connectivity index (χ1v) is 6.33. The van der Waals surface area contributed by atoms with E-state index in [9.17, 15) is 9.59 Å². The van der Waals surface area contributed by atoms with Crippen molar-refractivity contribution < 1.29 is 9.59 Å². The molecule has 0 aromatic rings. The van der Waals surface area contributed by atoms with E-state index in [0.29, 0.717) is 18.4 Å². The van der Waals surface area contributed by atoms with Gasteiger partial charge in [0.25, 0.3) is 0 Å². The Hall–Kier alpha value is -1.06. The maximum Gasteiger partial charge on any atom is 0.239 e. The Morgan fingerprint density at radius 3 is 2.75 bits per heavy atom. The standard InChI is InChI=1S/C12H18N2O2/c15-10-7-14(6-2-5-13-10)12(16)11-8-3-1-4-9(8)11/h8-9,11H,1-7H2,(H,13,15). The number of carbonyl (C=O) groups is 2. The highest BCUT2D eigenvalue weighted by atomic mass is 16.2. The quantitative estimate of drug-likeness (QED) is 0.697. The van der Waals surface area contributed by atoms with Crippen LogP contribution in [0.3, 0.4) is 0 Å². The molecule has 1 N–H and O–H groups in total. The van der Waals surface area contributed by atoms with Gasteiger partial charge < -0.3 is 10.2 Å². The number of hydrogen-bond donors (Lipinski definition) is 1. The van der Waals surface area contributed by atoms with Crippen LogP contribution in [-0.4, -0.2) is 36.3 Å². The molecule has 4 heteroatoms. The van der Waals surface area contributed by atoms with E-state index in [0.717, 1.165) is 13.0 Å². The van der Waals surface area contributed by atoms with Crippen LogP contribution in [0.1, 0.15) is 25.7 Å². The highest BCUT2D eigenvalue weighted by Gasteiger charge is 2.57. The van der Waals surface area contributed by atoms with E-state index in [1.54, 1.807) is 4.90 Å². The zero-order chi connectivity index (χ0) is 11.1. The first kappa shape index (κ1) is 10.1. The van der Waals surface area contributed by atoms with E-state index < -0.39 is 0 Å². The lowest BCUT2D eigenvalue weighted by atomic mass is 10.1. The lowest BCUT2D eigenvalue weighted by Gasteiger charge is -2.19. The molecule has 2 aliphatic carbocycles. The molecule has 3 fully saturated rings. The summed E-state index contributed by atoms with van der Waals surface area (Å²) in [5.74, 6) is 1.81. The minimum atomic E-state index is -0.00309. The molecule has 2 amide bonds. The number of carbonyl (C=O) groups excluding carboxylic acids is 2. The maximum absolute atomic E-state index is 12.2. The van der Waals surface area contributed by atoms with Crippen molar-refractivity contribution in [3.05, 3.63) is 0 Å². The summed E-state index contributed by atoms with van der Waals surface area (Å²) in [5.41, 5.74) is 0. The third-order valence-corrected chi connectivity index (χ3v) is 4.26. The highest BCUT2D eigenvalue weighted by Crippen LogP contribution is 2.58. The zero-order valence-electron chi connectivity index (χ0n) is 9.45. The van der Waals surface area contributed by atoms with Crippen molar-refractivity contribution in [1.29, 1.82) is 0 Å². The van der Waals surface area contributed by atoms with Gasteiger partial charge in [-0.2, -0.15) is 0 Å². The van der Waals surface area contributed by atoms with Crippen molar-refractivity contribution in [2.24, 2.45) is 17.8 Å². The minimum Gasteiger partial charge on any atom is -0.354 e. The fourth-order valence-corrected chi connectivity index (χ4v) is 3.39. The van der Waals surface area contributed by atoms with Gasteiger partial charge in [0.1, 0.15) is 0 Å². The molecule has 2 saturated carbocycles. The van der Waals surface area contributed by atoms with Crippen LogP contribution in [0.15, 0.2) is 0 Å². The smallest absolute Gasteiger partial charge is 0.239 e. The molecule has 4 nitrogen and oxygen atoms in total. The number of nitrogens with one attached hydrogen (secondary N) is 1. The third-order valence-electron chi connectivity index (χ3n) is 4.26. The Bertz CT molecular complexity index is 319. The first-order chi connectivity index (χ1) is 7.77. The van der Waals surface area contributed by atoms with Crippen LogP contribution in [0.4, 0.5) is 0 Å². The highest BCUT2D eigenvalue weighted by molar-refractivity contribution is 5.88. The first-order valence-electron chi connectivity index (χ1n) is 6.33. The van der Waals surface area contributed by atoms with Gasteiger partial charge in [-0.25, -0.2) is 0 Å². The fraction of sp³-hybridized carbons (Fsp3) is 0.833. The maximum atomic E-state index is 12.2. The van der Waals surface area contributed by atoms with Crippen LogP contribution in [0.5, 0.6) is 0 Å². The molecule has 3 aliphatic rings. The van der Waals surface area contributed by atoms with Crippen molar-refractivity contribution in [1.82, 2.24) is 10.2 Å².